The van der Waals surface area contributed by atoms with Gasteiger partial charge in [-0.2, -0.15) is 0 Å². The molecule has 0 bridgehead atoms. The van der Waals surface area contributed by atoms with Crippen LogP contribution < -0.4 is 15.2 Å². The minimum absolute atomic E-state index is 0.191. The van der Waals surface area contributed by atoms with E-state index >= 15 is 0 Å². The topological polar surface area (TPSA) is 67.6 Å². The van der Waals surface area contributed by atoms with Gasteiger partial charge in [-0.3, -0.25) is 9.36 Å². The first kappa shape index (κ1) is 23.2. The molecule has 0 atom stereocenters. The first-order valence-electron chi connectivity index (χ1n) is 10.2. The van der Waals surface area contributed by atoms with Crippen LogP contribution in [0.15, 0.2) is 69.6 Å². The number of ether oxygens (including phenoxy) is 1. The minimum Gasteiger partial charge on any atom is -0.406 e. The Morgan fingerprint density at radius 2 is 1.88 bits per heavy atom. The van der Waals surface area contributed by atoms with Gasteiger partial charge in [0.1, 0.15) is 5.75 Å². The van der Waals surface area contributed by atoms with Gasteiger partial charge in [-0.1, -0.05) is 17.8 Å². The fourth-order valence-corrected chi connectivity index (χ4v) is 4.50. The van der Waals surface area contributed by atoms with Crippen LogP contribution in [0.4, 0.5) is 18.9 Å². The van der Waals surface area contributed by atoms with Crippen molar-refractivity contribution in [1.82, 2.24) is 9.55 Å². The van der Waals surface area contributed by atoms with Crippen molar-refractivity contribution in [2.24, 2.45) is 0 Å². The quantitative estimate of drug-likeness (QED) is 0.567. The molecule has 4 rings (SSSR count). The number of aliphatic hydroxyl groups is 1. The number of alkyl halides is 3. The molecule has 0 unspecified atom stereocenters. The molecule has 1 aliphatic heterocycles. The van der Waals surface area contributed by atoms with Gasteiger partial charge in [0.2, 0.25) is 0 Å². The number of halogens is 3. The first-order valence-corrected chi connectivity index (χ1v) is 11.0. The second-order valence-electron chi connectivity index (χ2n) is 8.33. The molecule has 0 spiro atoms. The van der Waals surface area contributed by atoms with Gasteiger partial charge in [-0.05, 0) is 62.2 Å². The van der Waals surface area contributed by atoms with Gasteiger partial charge in [0.25, 0.3) is 5.56 Å². The van der Waals surface area contributed by atoms with Gasteiger partial charge in [-0.25, -0.2) is 4.98 Å². The molecule has 174 valence electrons. The maximum Gasteiger partial charge on any atom is 0.573 e. The average molecular weight is 478 g/mol. The lowest BCUT2D eigenvalue weighted by atomic mass is 10.1. The van der Waals surface area contributed by atoms with Crippen LogP contribution in [0.25, 0.3) is 5.69 Å². The highest BCUT2D eigenvalue weighted by atomic mass is 32.2. The zero-order valence-corrected chi connectivity index (χ0v) is 18.8. The van der Waals surface area contributed by atoms with Gasteiger partial charge in [-0.15, -0.1) is 13.2 Å². The molecule has 1 aromatic heterocycles. The van der Waals surface area contributed by atoms with E-state index in [2.05, 4.69) is 14.6 Å². The summed E-state index contributed by atoms with van der Waals surface area (Å²) in [5.41, 5.74) is 1.61. The summed E-state index contributed by atoms with van der Waals surface area (Å²) in [7, 11) is 0. The summed E-state index contributed by atoms with van der Waals surface area (Å²) in [5.74, 6) is -0.334. The third-order valence-corrected chi connectivity index (χ3v) is 5.98. The number of hydrogen-bond acceptors (Lipinski definition) is 6. The smallest absolute Gasteiger partial charge is 0.406 e. The second kappa shape index (κ2) is 8.75. The Balaban J connectivity index is 1.58. The maximum absolute atomic E-state index is 13.1. The highest BCUT2D eigenvalue weighted by molar-refractivity contribution is 7.99. The largest absolute Gasteiger partial charge is 0.573 e. The van der Waals surface area contributed by atoms with E-state index in [0.717, 1.165) is 36.0 Å². The van der Waals surface area contributed by atoms with Crippen molar-refractivity contribution in [3.05, 3.63) is 70.8 Å². The lowest BCUT2D eigenvalue weighted by Crippen LogP contribution is -2.37. The molecule has 0 amide bonds. The summed E-state index contributed by atoms with van der Waals surface area (Å²) in [6.07, 6.45) is -0.815. The molecule has 0 saturated heterocycles. The zero-order chi connectivity index (χ0) is 23.8. The number of β-amino-alcohol motifs (C(OH)–C–C–N with tert-alkyl or cyclic N) is 1. The number of anilines is 1. The number of benzene rings is 2. The molecule has 0 aliphatic carbocycles. The maximum atomic E-state index is 13.1. The van der Waals surface area contributed by atoms with E-state index in [4.69, 9.17) is 0 Å². The van der Waals surface area contributed by atoms with Crippen LogP contribution in [0.3, 0.4) is 0 Å². The summed E-state index contributed by atoms with van der Waals surface area (Å²) in [5, 5.41) is 10.4. The van der Waals surface area contributed by atoms with Crippen LogP contribution >= 0.6 is 11.8 Å². The Morgan fingerprint density at radius 3 is 2.55 bits per heavy atom. The molecule has 10 heteroatoms. The Kier molecular flexibility index (Phi) is 6.15. The van der Waals surface area contributed by atoms with Crippen molar-refractivity contribution in [3.8, 4) is 11.4 Å². The predicted octanol–water partition coefficient (Wildman–Crippen LogP) is 4.42. The van der Waals surface area contributed by atoms with Crippen LogP contribution in [-0.2, 0) is 6.42 Å². The molecule has 2 heterocycles. The summed E-state index contributed by atoms with van der Waals surface area (Å²) >= 11 is 1.06. The first-order chi connectivity index (χ1) is 15.5. The average Bonchev–Trinajstić information content (AvgIpc) is 3.10. The molecule has 2 aromatic carbocycles. The molecular weight excluding hydrogens is 455 g/mol. The second-order valence-corrected chi connectivity index (χ2v) is 9.39. The van der Waals surface area contributed by atoms with Crippen molar-refractivity contribution >= 4 is 17.4 Å². The van der Waals surface area contributed by atoms with Crippen molar-refractivity contribution in [3.63, 3.8) is 0 Å². The van der Waals surface area contributed by atoms with Gasteiger partial charge < -0.3 is 14.7 Å². The van der Waals surface area contributed by atoms with Gasteiger partial charge in [0.15, 0.2) is 5.03 Å². The van der Waals surface area contributed by atoms with Gasteiger partial charge in [0, 0.05) is 36.1 Å². The van der Waals surface area contributed by atoms with Crippen molar-refractivity contribution in [2.75, 3.05) is 18.0 Å². The number of hydrogen-bond donors (Lipinski definition) is 1. The van der Waals surface area contributed by atoms with E-state index in [1.165, 1.54) is 35.0 Å². The number of nitrogens with zero attached hydrogens (tertiary/aromatic N) is 3. The molecule has 1 N–H and O–H groups in total. The van der Waals surface area contributed by atoms with Crippen LogP contribution in [-0.4, -0.2) is 39.7 Å². The van der Waals surface area contributed by atoms with Crippen LogP contribution in [0.5, 0.6) is 5.75 Å². The van der Waals surface area contributed by atoms with Crippen molar-refractivity contribution in [1.29, 1.82) is 0 Å². The van der Waals surface area contributed by atoms with Crippen molar-refractivity contribution < 1.29 is 23.0 Å². The van der Waals surface area contributed by atoms with E-state index in [-0.39, 0.29) is 16.3 Å². The lowest BCUT2D eigenvalue weighted by Gasteiger charge is -2.27. The summed E-state index contributed by atoms with van der Waals surface area (Å²) in [4.78, 5) is 19.9. The lowest BCUT2D eigenvalue weighted by molar-refractivity contribution is -0.274. The van der Waals surface area contributed by atoms with Crippen LogP contribution in [0, 0.1) is 0 Å². The standard InChI is InChI=1S/C23H22F3N3O3S/c1-22(2,31)14-28-11-9-15-3-4-16(13-19(15)28)29-12-10-27-20(21(29)30)33-18-7-5-17(6-8-18)32-23(24,25)26/h3-8,10,12-13,31H,9,11,14H2,1-2H3. The number of aromatic nitrogens is 2. The third-order valence-electron chi connectivity index (χ3n) is 5.00. The molecule has 33 heavy (non-hydrogen) atoms. The van der Waals surface area contributed by atoms with Crippen molar-refractivity contribution in [2.45, 2.75) is 42.2 Å². The number of fused-ring (bicyclic) bond motifs is 1. The van der Waals surface area contributed by atoms with Gasteiger partial charge >= 0.3 is 6.36 Å². The molecule has 0 saturated carbocycles. The monoisotopic (exact) mass is 477 g/mol. The molecule has 3 aromatic rings. The Hall–Kier alpha value is -2.98. The summed E-state index contributed by atoms with van der Waals surface area (Å²) in [6, 6.07) is 11.0. The Bertz CT molecular complexity index is 1200. The fourth-order valence-electron chi connectivity index (χ4n) is 3.70. The van der Waals surface area contributed by atoms with E-state index in [0.29, 0.717) is 17.1 Å². The van der Waals surface area contributed by atoms with E-state index < -0.39 is 12.0 Å². The zero-order valence-electron chi connectivity index (χ0n) is 18.0. The molecular formula is C23H22F3N3O3S. The van der Waals surface area contributed by atoms with E-state index in [1.807, 2.05) is 18.2 Å². The highest BCUT2D eigenvalue weighted by Crippen LogP contribution is 2.32. The number of rotatable bonds is 6. The fraction of sp³-hybridized carbons (Fsp3) is 0.304. The molecule has 0 radical (unpaired) electrons. The molecule has 6 nitrogen and oxygen atoms in total. The Morgan fingerprint density at radius 1 is 1.15 bits per heavy atom. The minimum atomic E-state index is -4.76. The third kappa shape index (κ3) is 5.69. The van der Waals surface area contributed by atoms with Gasteiger partial charge in [0.05, 0.1) is 11.3 Å². The summed E-state index contributed by atoms with van der Waals surface area (Å²) < 4.78 is 42.4. The van der Waals surface area contributed by atoms with E-state index in [9.17, 15) is 23.1 Å². The van der Waals surface area contributed by atoms with Crippen LogP contribution in [0.2, 0.25) is 0 Å². The Labute approximate surface area is 192 Å². The van der Waals surface area contributed by atoms with Crippen LogP contribution in [0.1, 0.15) is 19.4 Å². The molecule has 0 fully saturated rings. The summed E-state index contributed by atoms with van der Waals surface area (Å²) in [6.45, 7) is 4.79. The normalized spacial score (nSPS) is 13.8. The molecule has 1 aliphatic rings. The SMILES string of the molecule is CC(C)(O)CN1CCc2ccc(-n3ccnc(Sc4ccc(OC(F)(F)F)cc4)c3=O)cc21. The van der Waals surface area contributed by atoms with E-state index in [1.54, 1.807) is 20.0 Å². The highest BCUT2D eigenvalue weighted by Gasteiger charge is 2.31. The predicted molar refractivity (Wildman–Crippen MR) is 119 cm³/mol.